The maximum absolute atomic E-state index is 4.11. The molecule has 1 heterocycles. The van der Waals surface area contributed by atoms with Crippen LogP contribution in [0.2, 0.25) is 0 Å². The quantitative estimate of drug-likeness (QED) is 0.887. The van der Waals surface area contributed by atoms with Crippen molar-refractivity contribution >= 4 is 0 Å². The smallest absolute Gasteiger partial charge is 0.0312 e. The van der Waals surface area contributed by atoms with E-state index in [1.54, 1.807) is 6.20 Å². The standard InChI is InChI=1S/C16H20N2/c1-12-7-14(3)16(8-13(12)2)11-18-10-15-5-4-6-17-9-15/h4-9,18H,10-11H2,1-3H3. The van der Waals surface area contributed by atoms with E-state index >= 15 is 0 Å². The Hall–Kier alpha value is -1.67. The van der Waals surface area contributed by atoms with Crippen LogP contribution in [0.15, 0.2) is 36.7 Å². The van der Waals surface area contributed by atoms with E-state index in [9.17, 15) is 0 Å². The molecule has 0 aliphatic rings. The second kappa shape index (κ2) is 5.78. The van der Waals surface area contributed by atoms with E-state index in [1.165, 1.54) is 27.8 Å². The topological polar surface area (TPSA) is 24.9 Å². The predicted molar refractivity (Wildman–Crippen MR) is 75.4 cm³/mol. The van der Waals surface area contributed by atoms with Crippen LogP contribution < -0.4 is 5.32 Å². The summed E-state index contributed by atoms with van der Waals surface area (Å²) in [5, 5.41) is 3.47. The van der Waals surface area contributed by atoms with E-state index < -0.39 is 0 Å². The van der Waals surface area contributed by atoms with Crippen LogP contribution in [0, 0.1) is 20.8 Å². The Morgan fingerprint density at radius 2 is 1.78 bits per heavy atom. The SMILES string of the molecule is Cc1cc(C)c(CNCc2cccnc2)cc1C. The molecule has 0 saturated carbocycles. The minimum atomic E-state index is 0.861. The summed E-state index contributed by atoms with van der Waals surface area (Å²) < 4.78 is 0. The molecule has 0 bridgehead atoms. The third-order valence-electron chi connectivity index (χ3n) is 3.32. The van der Waals surface area contributed by atoms with Crippen LogP contribution in [-0.2, 0) is 13.1 Å². The van der Waals surface area contributed by atoms with Crippen LogP contribution >= 0.6 is 0 Å². The van der Waals surface area contributed by atoms with Crippen LogP contribution in [0.4, 0.5) is 0 Å². The fourth-order valence-corrected chi connectivity index (χ4v) is 2.05. The van der Waals surface area contributed by atoms with Gasteiger partial charge in [0.1, 0.15) is 0 Å². The molecular formula is C16H20N2. The predicted octanol–water partition coefficient (Wildman–Crippen LogP) is 3.30. The first kappa shape index (κ1) is 12.8. The van der Waals surface area contributed by atoms with Gasteiger partial charge < -0.3 is 5.32 Å². The number of aromatic nitrogens is 1. The van der Waals surface area contributed by atoms with E-state index in [4.69, 9.17) is 0 Å². The number of pyridine rings is 1. The van der Waals surface area contributed by atoms with Gasteiger partial charge in [0.2, 0.25) is 0 Å². The largest absolute Gasteiger partial charge is 0.309 e. The van der Waals surface area contributed by atoms with E-state index in [2.05, 4.69) is 49.3 Å². The lowest BCUT2D eigenvalue weighted by Crippen LogP contribution is -2.13. The summed E-state index contributed by atoms with van der Waals surface area (Å²) in [5.74, 6) is 0. The van der Waals surface area contributed by atoms with Gasteiger partial charge in [0.15, 0.2) is 0 Å². The molecule has 0 unspecified atom stereocenters. The summed E-state index contributed by atoms with van der Waals surface area (Å²) in [7, 11) is 0. The molecule has 2 aromatic rings. The third-order valence-corrected chi connectivity index (χ3v) is 3.32. The number of rotatable bonds is 4. The number of hydrogen-bond donors (Lipinski definition) is 1. The van der Waals surface area contributed by atoms with E-state index in [0.29, 0.717) is 0 Å². The fraction of sp³-hybridized carbons (Fsp3) is 0.312. The first-order valence-corrected chi connectivity index (χ1v) is 6.33. The lowest BCUT2D eigenvalue weighted by Gasteiger charge is -2.11. The second-order valence-corrected chi connectivity index (χ2v) is 4.83. The fourth-order valence-electron chi connectivity index (χ4n) is 2.05. The zero-order valence-electron chi connectivity index (χ0n) is 11.3. The van der Waals surface area contributed by atoms with Gasteiger partial charge in [-0.15, -0.1) is 0 Å². The van der Waals surface area contributed by atoms with E-state index in [1.807, 2.05) is 12.3 Å². The van der Waals surface area contributed by atoms with Gasteiger partial charge in [0.05, 0.1) is 0 Å². The lowest BCUT2D eigenvalue weighted by molar-refractivity contribution is 0.688. The first-order chi connectivity index (χ1) is 8.66. The molecule has 2 heteroatoms. The minimum absolute atomic E-state index is 0.861. The Labute approximate surface area is 109 Å². The Morgan fingerprint density at radius 3 is 2.50 bits per heavy atom. The minimum Gasteiger partial charge on any atom is -0.309 e. The second-order valence-electron chi connectivity index (χ2n) is 4.83. The Morgan fingerprint density at radius 1 is 1.00 bits per heavy atom. The Balaban J connectivity index is 1.97. The van der Waals surface area contributed by atoms with Crippen LogP contribution in [-0.4, -0.2) is 4.98 Å². The molecule has 1 aromatic carbocycles. The highest BCUT2D eigenvalue weighted by Gasteiger charge is 2.01. The molecule has 94 valence electrons. The number of nitrogens with zero attached hydrogens (tertiary/aromatic N) is 1. The molecule has 0 radical (unpaired) electrons. The molecular weight excluding hydrogens is 220 g/mol. The van der Waals surface area contributed by atoms with Crippen molar-refractivity contribution < 1.29 is 0 Å². The molecule has 0 spiro atoms. The van der Waals surface area contributed by atoms with E-state index in [-0.39, 0.29) is 0 Å². The van der Waals surface area contributed by atoms with Crippen molar-refractivity contribution in [2.45, 2.75) is 33.9 Å². The zero-order chi connectivity index (χ0) is 13.0. The summed E-state index contributed by atoms with van der Waals surface area (Å²) in [6.45, 7) is 8.27. The van der Waals surface area contributed by atoms with Gasteiger partial charge in [0, 0.05) is 25.5 Å². The van der Waals surface area contributed by atoms with Crippen LogP contribution in [0.1, 0.15) is 27.8 Å². The van der Waals surface area contributed by atoms with Gasteiger partial charge >= 0.3 is 0 Å². The van der Waals surface area contributed by atoms with Gasteiger partial charge in [-0.2, -0.15) is 0 Å². The van der Waals surface area contributed by atoms with Gasteiger partial charge in [0.25, 0.3) is 0 Å². The molecule has 0 atom stereocenters. The number of nitrogens with one attached hydrogen (secondary N) is 1. The average Bonchev–Trinajstić information content (AvgIpc) is 2.37. The molecule has 0 aliphatic carbocycles. The normalized spacial score (nSPS) is 10.6. The first-order valence-electron chi connectivity index (χ1n) is 6.33. The van der Waals surface area contributed by atoms with Crippen LogP contribution in [0.5, 0.6) is 0 Å². The van der Waals surface area contributed by atoms with Gasteiger partial charge in [-0.25, -0.2) is 0 Å². The van der Waals surface area contributed by atoms with Crippen molar-refractivity contribution in [1.29, 1.82) is 0 Å². The highest BCUT2D eigenvalue weighted by molar-refractivity contribution is 5.36. The van der Waals surface area contributed by atoms with Crippen molar-refractivity contribution in [3.05, 3.63) is 64.5 Å². The molecule has 18 heavy (non-hydrogen) atoms. The van der Waals surface area contributed by atoms with Gasteiger partial charge in [-0.3, -0.25) is 4.98 Å². The maximum Gasteiger partial charge on any atom is 0.0312 e. The van der Waals surface area contributed by atoms with Crippen molar-refractivity contribution in [2.24, 2.45) is 0 Å². The van der Waals surface area contributed by atoms with E-state index in [0.717, 1.165) is 13.1 Å². The summed E-state index contributed by atoms with van der Waals surface area (Å²) in [6.07, 6.45) is 3.71. The number of benzene rings is 1. The zero-order valence-corrected chi connectivity index (χ0v) is 11.3. The third kappa shape index (κ3) is 3.17. The molecule has 1 aromatic heterocycles. The number of aryl methyl sites for hydroxylation is 3. The molecule has 2 nitrogen and oxygen atoms in total. The summed E-state index contributed by atoms with van der Waals surface area (Å²) in [6, 6.07) is 8.60. The highest BCUT2D eigenvalue weighted by Crippen LogP contribution is 2.15. The summed E-state index contributed by atoms with van der Waals surface area (Å²) >= 11 is 0. The van der Waals surface area contributed by atoms with Crippen molar-refractivity contribution in [3.63, 3.8) is 0 Å². The van der Waals surface area contributed by atoms with Crippen LogP contribution in [0.3, 0.4) is 0 Å². The summed E-state index contributed by atoms with van der Waals surface area (Å²) in [4.78, 5) is 4.11. The molecule has 0 fully saturated rings. The lowest BCUT2D eigenvalue weighted by atomic mass is 10.0. The average molecular weight is 240 g/mol. The number of hydrogen-bond acceptors (Lipinski definition) is 2. The molecule has 1 N–H and O–H groups in total. The van der Waals surface area contributed by atoms with Gasteiger partial charge in [-0.1, -0.05) is 18.2 Å². The maximum atomic E-state index is 4.11. The highest BCUT2D eigenvalue weighted by atomic mass is 14.8. The molecule has 0 aliphatic heterocycles. The van der Waals surface area contributed by atoms with Crippen LogP contribution in [0.25, 0.3) is 0 Å². The Kier molecular flexibility index (Phi) is 4.11. The van der Waals surface area contributed by atoms with Crippen molar-refractivity contribution in [3.8, 4) is 0 Å². The monoisotopic (exact) mass is 240 g/mol. The van der Waals surface area contributed by atoms with Gasteiger partial charge in [-0.05, 0) is 54.7 Å². The Bertz CT molecular complexity index is 518. The van der Waals surface area contributed by atoms with Crippen molar-refractivity contribution in [2.75, 3.05) is 0 Å². The molecule has 2 rings (SSSR count). The molecule has 0 amide bonds. The molecule has 0 saturated heterocycles. The van der Waals surface area contributed by atoms with Crippen molar-refractivity contribution in [1.82, 2.24) is 10.3 Å². The summed E-state index contributed by atoms with van der Waals surface area (Å²) in [5.41, 5.74) is 6.68.